The van der Waals surface area contributed by atoms with Crippen LogP contribution in [0.4, 0.5) is 4.39 Å². The molecule has 1 aliphatic carbocycles. The molecule has 0 amide bonds. The van der Waals surface area contributed by atoms with Crippen LogP contribution in [-0.4, -0.2) is 32.1 Å². The van der Waals surface area contributed by atoms with Gasteiger partial charge in [0.15, 0.2) is 12.4 Å². The lowest BCUT2D eigenvalue weighted by atomic mass is 9.82. The predicted molar refractivity (Wildman–Crippen MR) is 131 cm³/mol. The zero-order chi connectivity index (χ0) is 27.1. The van der Waals surface area contributed by atoms with Gasteiger partial charge in [0.25, 0.3) is 5.56 Å². The maximum atomic E-state index is 14.8. The van der Waals surface area contributed by atoms with Gasteiger partial charge in [-0.3, -0.25) is 9.32 Å². The number of cyclic esters (lactones) is 1. The minimum absolute atomic E-state index is 0.00573. The first-order valence-corrected chi connectivity index (χ1v) is 13.7. The van der Waals surface area contributed by atoms with Crippen LogP contribution >= 0.6 is 7.82 Å². The van der Waals surface area contributed by atoms with E-state index in [0.29, 0.717) is 35.3 Å². The smallest absolute Gasteiger partial charge is 0.458 e. The number of hydrogen-bond donors (Lipinski definition) is 3. The van der Waals surface area contributed by atoms with E-state index in [9.17, 15) is 18.5 Å². The summed E-state index contributed by atoms with van der Waals surface area (Å²) in [6.45, 7) is 2.36. The summed E-state index contributed by atoms with van der Waals surface area (Å²) in [5.74, 6) is -1.18. The van der Waals surface area contributed by atoms with Gasteiger partial charge in [0.1, 0.15) is 12.4 Å². The van der Waals surface area contributed by atoms with Crippen molar-refractivity contribution in [1.29, 1.82) is 0 Å². The van der Waals surface area contributed by atoms with Crippen LogP contribution in [0.5, 0.6) is 0 Å². The first-order valence-electron chi connectivity index (χ1n) is 12.2. The molecular formula is C25H25FN3O8P. The van der Waals surface area contributed by atoms with Crippen molar-refractivity contribution in [2.75, 3.05) is 6.79 Å². The number of pyridine rings is 2. The largest absolute Gasteiger partial charge is 0.471 e. The van der Waals surface area contributed by atoms with Crippen LogP contribution in [0.25, 0.3) is 22.3 Å². The van der Waals surface area contributed by atoms with Crippen LogP contribution in [0, 0.1) is 12.7 Å². The minimum Gasteiger partial charge on any atom is -0.458 e. The number of nitrogens with zero attached hydrogens (tertiary/aromatic N) is 2. The molecule has 11 nitrogen and oxygen atoms in total. The summed E-state index contributed by atoms with van der Waals surface area (Å²) in [5.41, 5.74) is 9.09. The third-order valence-corrected chi connectivity index (χ3v) is 8.36. The van der Waals surface area contributed by atoms with E-state index in [2.05, 4.69) is 4.52 Å². The molecule has 2 aromatic heterocycles. The number of benzene rings is 1. The number of halogens is 1. The number of rotatable bonds is 5. The third-order valence-electron chi connectivity index (χ3n) is 7.92. The van der Waals surface area contributed by atoms with Crippen molar-refractivity contribution in [2.24, 2.45) is 5.73 Å². The fourth-order valence-electron chi connectivity index (χ4n) is 6.01. The molecule has 4 heterocycles. The molecule has 3 aromatic rings. The second-order valence-electron chi connectivity index (χ2n) is 9.81. The summed E-state index contributed by atoms with van der Waals surface area (Å²) >= 11 is 0. The van der Waals surface area contributed by atoms with Crippen LogP contribution in [-0.2, 0) is 48.5 Å². The highest BCUT2D eigenvalue weighted by Gasteiger charge is 2.49. The molecule has 0 unspecified atom stereocenters. The average molecular weight is 545 g/mol. The Morgan fingerprint density at radius 3 is 2.76 bits per heavy atom. The highest BCUT2D eigenvalue weighted by Crippen LogP contribution is 2.46. The lowest BCUT2D eigenvalue weighted by Gasteiger charge is -2.35. The van der Waals surface area contributed by atoms with E-state index in [-0.39, 0.29) is 42.6 Å². The summed E-state index contributed by atoms with van der Waals surface area (Å²) in [7, 11) is -4.88. The predicted octanol–water partition coefficient (Wildman–Crippen LogP) is 2.56. The van der Waals surface area contributed by atoms with Gasteiger partial charge in [-0.2, -0.15) is 0 Å². The summed E-state index contributed by atoms with van der Waals surface area (Å²) in [5, 5.41) is 0.825. The lowest BCUT2D eigenvalue weighted by Crippen LogP contribution is -2.46. The monoisotopic (exact) mass is 545 g/mol. The quantitative estimate of drug-likeness (QED) is 0.193. The van der Waals surface area contributed by atoms with Gasteiger partial charge in [-0.1, -0.05) is 6.92 Å². The molecule has 38 heavy (non-hydrogen) atoms. The summed E-state index contributed by atoms with van der Waals surface area (Å²) in [6.07, 6.45) is 1.25. The third kappa shape index (κ3) is 3.52. The number of fused-ring (bicyclic) bond motifs is 5. The summed E-state index contributed by atoms with van der Waals surface area (Å²) < 4.78 is 42.8. The van der Waals surface area contributed by atoms with Crippen molar-refractivity contribution >= 4 is 24.7 Å². The highest BCUT2D eigenvalue weighted by molar-refractivity contribution is 7.46. The maximum absolute atomic E-state index is 14.8. The number of aromatic nitrogens is 2. The second-order valence-corrected chi connectivity index (χ2v) is 11.0. The fourth-order valence-corrected chi connectivity index (χ4v) is 6.20. The van der Waals surface area contributed by atoms with Gasteiger partial charge in [-0.25, -0.2) is 18.7 Å². The van der Waals surface area contributed by atoms with Crippen LogP contribution in [0.1, 0.15) is 59.2 Å². The molecular weight excluding hydrogens is 520 g/mol. The van der Waals surface area contributed by atoms with Crippen molar-refractivity contribution in [3.8, 4) is 11.4 Å². The molecule has 0 saturated heterocycles. The molecule has 6 rings (SSSR count). The number of esters is 1. The first-order chi connectivity index (χ1) is 18.0. The molecule has 3 aliphatic rings. The Hall–Kier alpha value is -2.99. The molecule has 13 heteroatoms. The molecule has 2 atom stereocenters. The Labute approximate surface area is 215 Å². The van der Waals surface area contributed by atoms with Crippen LogP contribution in [0.15, 0.2) is 16.9 Å². The lowest BCUT2D eigenvalue weighted by molar-refractivity contribution is -0.192. The van der Waals surface area contributed by atoms with Crippen molar-refractivity contribution in [2.45, 2.75) is 57.9 Å². The number of hydrogen-bond acceptors (Lipinski definition) is 8. The van der Waals surface area contributed by atoms with Crippen LogP contribution in [0.3, 0.4) is 0 Å². The number of phosphoric ester groups is 1. The summed E-state index contributed by atoms with van der Waals surface area (Å²) in [4.78, 5) is 49.6. The summed E-state index contributed by atoms with van der Waals surface area (Å²) in [6, 6.07) is 2.68. The van der Waals surface area contributed by atoms with Crippen LogP contribution in [0.2, 0.25) is 0 Å². The normalized spacial score (nSPS) is 21.7. The van der Waals surface area contributed by atoms with Gasteiger partial charge in [-0.05, 0) is 48.9 Å². The second kappa shape index (κ2) is 8.51. The molecule has 0 bridgehead atoms. The minimum atomic E-state index is -4.88. The van der Waals surface area contributed by atoms with Crippen molar-refractivity contribution in [3.05, 3.63) is 61.7 Å². The van der Waals surface area contributed by atoms with E-state index in [1.54, 1.807) is 19.9 Å². The standard InChI is InChI=1S/C25H25FN3O8P/c1-3-25(36-10-37-38(32,33)34)15-6-19-22-13(8-29(19)23(30)14(15)9-35-24(25)31)20-17(27)5-4-12-11(2)16(26)7-18(28-22)21(12)20/h6-7,17H,3-5,8-10,27H2,1-2H3,(H2,32,33,34)/t17-,25-/m0/s1. The van der Waals surface area contributed by atoms with Crippen molar-refractivity contribution < 1.29 is 37.5 Å². The maximum Gasteiger partial charge on any atom is 0.471 e. The van der Waals surface area contributed by atoms with E-state index in [1.807, 2.05) is 0 Å². The Balaban J connectivity index is 1.58. The van der Waals surface area contributed by atoms with E-state index in [1.165, 1.54) is 10.6 Å². The Kier molecular flexibility index (Phi) is 5.66. The van der Waals surface area contributed by atoms with E-state index < -0.39 is 31.7 Å². The topological polar surface area (TPSA) is 163 Å². The SMILES string of the molecule is CC[C@@]1(OCOP(=O)(O)O)C(=O)OCc2c1cc1n(c2=O)Cc2c-1nc1cc(F)c(C)c3c1c2[C@@H](N)CC3. The van der Waals surface area contributed by atoms with Crippen molar-refractivity contribution in [3.63, 3.8) is 0 Å². The number of aryl methyl sites for hydroxylation is 1. The fraction of sp³-hybridized carbons (Fsp3) is 0.400. The zero-order valence-electron chi connectivity index (χ0n) is 20.6. The Bertz CT molecular complexity index is 1670. The van der Waals surface area contributed by atoms with E-state index in [0.717, 1.165) is 22.1 Å². The number of carbonyl (C=O) groups is 1. The molecule has 1 aromatic carbocycles. The highest BCUT2D eigenvalue weighted by atomic mass is 31.2. The number of ether oxygens (including phenoxy) is 2. The molecule has 200 valence electrons. The Morgan fingerprint density at radius 2 is 2.05 bits per heavy atom. The Morgan fingerprint density at radius 1 is 1.29 bits per heavy atom. The van der Waals surface area contributed by atoms with Gasteiger partial charge >= 0.3 is 13.8 Å². The number of nitrogens with two attached hydrogens (primary N) is 1. The van der Waals surface area contributed by atoms with Gasteiger partial charge in [-0.15, -0.1) is 0 Å². The van der Waals surface area contributed by atoms with Gasteiger partial charge in [0, 0.05) is 28.6 Å². The van der Waals surface area contributed by atoms with Gasteiger partial charge in [0.2, 0.25) is 0 Å². The first kappa shape index (κ1) is 25.3. The molecule has 0 radical (unpaired) electrons. The average Bonchev–Trinajstić information content (AvgIpc) is 3.22. The zero-order valence-corrected chi connectivity index (χ0v) is 21.5. The molecule has 0 spiro atoms. The molecule has 0 saturated carbocycles. The van der Waals surface area contributed by atoms with E-state index >= 15 is 0 Å². The van der Waals surface area contributed by atoms with Crippen LogP contribution < -0.4 is 11.3 Å². The molecule has 2 aliphatic heterocycles. The van der Waals surface area contributed by atoms with E-state index in [4.69, 9.17) is 30.0 Å². The van der Waals surface area contributed by atoms with Crippen molar-refractivity contribution in [1.82, 2.24) is 9.55 Å². The number of phosphoric acid groups is 1. The molecule has 0 fully saturated rings. The molecule has 4 N–H and O–H groups in total. The van der Waals surface area contributed by atoms with Gasteiger partial charge in [0.05, 0.1) is 29.0 Å². The van der Waals surface area contributed by atoms with Gasteiger partial charge < -0.3 is 29.6 Å². The number of carbonyl (C=O) groups excluding carboxylic acids is 1.